The zero-order valence-electron chi connectivity index (χ0n) is 9.29. The molecule has 0 bridgehead atoms. The Balaban J connectivity index is 2.75. The lowest BCUT2D eigenvalue weighted by molar-refractivity contribution is -0.117. The van der Waals surface area contributed by atoms with Crippen molar-refractivity contribution < 1.29 is 9.53 Å². The van der Waals surface area contributed by atoms with Crippen LogP contribution in [0.1, 0.15) is 13.3 Å². The molecule has 0 aromatic heterocycles. The zero-order chi connectivity index (χ0) is 12.1. The van der Waals surface area contributed by atoms with Gasteiger partial charge in [0.1, 0.15) is 5.75 Å². The molecule has 1 aromatic rings. The Morgan fingerprint density at radius 2 is 2.31 bits per heavy atom. The summed E-state index contributed by atoms with van der Waals surface area (Å²) in [6, 6.07) is 4.53. The number of ether oxygens (including phenoxy) is 1. The maximum absolute atomic E-state index is 11.5. The third-order valence-corrected chi connectivity index (χ3v) is 2.49. The fourth-order valence-electron chi connectivity index (χ4n) is 1.16. The Morgan fingerprint density at radius 1 is 1.62 bits per heavy atom. The Bertz CT molecular complexity index is 382. The van der Waals surface area contributed by atoms with Gasteiger partial charge in [0.25, 0.3) is 0 Å². The third-order valence-electron chi connectivity index (χ3n) is 2.20. The van der Waals surface area contributed by atoms with Crippen LogP contribution in [0.5, 0.6) is 5.75 Å². The maximum Gasteiger partial charge on any atom is 0.241 e. The van der Waals surface area contributed by atoms with Crippen molar-refractivity contribution in [2.45, 2.75) is 19.4 Å². The highest BCUT2D eigenvalue weighted by Crippen LogP contribution is 2.27. The predicted molar refractivity (Wildman–Crippen MR) is 64.9 cm³/mol. The van der Waals surface area contributed by atoms with Crippen LogP contribution >= 0.6 is 11.6 Å². The van der Waals surface area contributed by atoms with Crippen molar-refractivity contribution in [3.8, 4) is 5.75 Å². The van der Waals surface area contributed by atoms with Crippen molar-refractivity contribution in [1.29, 1.82) is 0 Å². The molecule has 0 heterocycles. The number of halogens is 1. The first-order valence-corrected chi connectivity index (χ1v) is 5.36. The first kappa shape index (κ1) is 12.8. The molecule has 0 spiro atoms. The number of carbonyl (C=O) groups excluding carboxylic acids is 1. The summed E-state index contributed by atoms with van der Waals surface area (Å²) in [6.07, 6.45) is 0.593. The molecule has 0 aliphatic carbocycles. The summed E-state index contributed by atoms with van der Waals surface area (Å²) in [4.78, 5) is 11.5. The summed E-state index contributed by atoms with van der Waals surface area (Å²) in [5, 5.41) is 3.13. The molecule has 3 N–H and O–H groups in total. The van der Waals surface area contributed by atoms with Gasteiger partial charge in [-0.25, -0.2) is 0 Å². The number of nitrogens with two attached hydrogens (primary N) is 1. The summed E-state index contributed by atoms with van der Waals surface area (Å²) < 4.78 is 5.00. The molecule has 88 valence electrons. The topological polar surface area (TPSA) is 64.4 Å². The van der Waals surface area contributed by atoms with Gasteiger partial charge in [-0.2, -0.15) is 0 Å². The van der Waals surface area contributed by atoms with Crippen LogP contribution in [0.2, 0.25) is 5.02 Å². The smallest absolute Gasteiger partial charge is 0.241 e. The molecule has 0 saturated carbocycles. The van der Waals surface area contributed by atoms with Crippen molar-refractivity contribution in [2.24, 2.45) is 5.73 Å². The van der Waals surface area contributed by atoms with E-state index in [2.05, 4.69) is 5.32 Å². The lowest BCUT2D eigenvalue weighted by Crippen LogP contribution is -2.34. The lowest BCUT2D eigenvalue weighted by Gasteiger charge is -2.11. The number of anilines is 1. The minimum atomic E-state index is -0.499. The molecule has 1 rings (SSSR count). The van der Waals surface area contributed by atoms with Gasteiger partial charge in [-0.1, -0.05) is 18.5 Å². The summed E-state index contributed by atoms with van der Waals surface area (Å²) in [6.45, 7) is 1.85. The van der Waals surface area contributed by atoms with E-state index in [0.717, 1.165) is 0 Å². The number of rotatable bonds is 4. The van der Waals surface area contributed by atoms with E-state index in [1.165, 1.54) is 7.11 Å². The number of benzene rings is 1. The molecule has 1 aromatic carbocycles. The van der Waals surface area contributed by atoms with E-state index in [1.807, 2.05) is 6.92 Å². The van der Waals surface area contributed by atoms with Crippen LogP contribution in [0.15, 0.2) is 18.2 Å². The van der Waals surface area contributed by atoms with E-state index in [4.69, 9.17) is 22.1 Å². The third kappa shape index (κ3) is 3.12. The van der Waals surface area contributed by atoms with Crippen LogP contribution in [0.3, 0.4) is 0 Å². The van der Waals surface area contributed by atoms with Gasteiger partial charge in [0.15, 0.2) is 0 Å². The second kappa shape index (κ2) is 5.72. The molecule has 0 radical (unpaired) electrons. The summed E-state index contributed by atoms with van der Waals surface area (Å²) >= 11 is 5.92. The molecular formula is C11H15ClN2O2. The van der Waals surface area contributed by atoms with Gasteiger partial charge in [-0.15, -0.1) is 0 Å². The van der Waals surface area contributed by atoms with Gasteiger partial charge in [-0.05, 0) is 24.6 Å². The molecular weight excluding hydrogens is 228 g/mol. The second-order valence-corrected chi connectivity index (χ2v) is 3.76. The summed E-state index contributed by atoms with van der Waals surface area (Å²) in [5.41, 5.74) is 6.20. The molecule has 4 nitrogen and oxygen atoms in total. The number of carbonyl (C=O) groups is 1. The largest absolute Gasteiger partial charge is 0.495 e. The molecule has 0 unspecified atom stereocenters. The Hall–Kier alpha value is -1.26. The van der Waals surface area contributed by atoms with E-state index in [9.17, 15) is 4.79 Å². The predicted octanol–water partition coefficient (Wildman–Crippen LogP) is 2.02. The highest BCUT2D eigenvalue weighted by molar-refractivity contribution is 6.32. The SMILES string of the molecule is CC[C@H](N)C(=O)Nc1ccc(OC)c(Cl)c1. The van der Waals surface area contributed by atoms with Gasteiger partial charge in [-0.3, -0.25) is 4.79 Å². The minimum absolute atomic E-state index is 0.219. The number of amides is 1. The van der Waals surface area contributed by atoms with Crippen LogP contribution in [0.25, 0.3) is 0 Å². The standard InChI is InChI=1S/C11H15ClN2O2/c1-3-9(13)11(15)14-7-4-5-10(16-2)8(12)6-7/h4-6,9H,3,13H2,1-2H3,(H,14,15)/t9-/m0/s1. The van der Waals surface area contributed by atoms with Crippen LogP contribution in [-0.4, -0.2) is 19.1 Å². The average molecular weight is 243 g/mol. The van der Waals surface area contributed by atoms with Gasteiger partial charge in [0.05, 0.1) is 18.2 Å². The van der Waals surface area contributed by atoms with Crippen molar-refractivity contribution in [1.82, 2.24) is 0 Å². The fraction of sp³-hybridized carbons (Fsp3) is 0.364. The van der Waals surface area contributed by atoms with Gasteiger partial charge >= 0.3 is 0 Å². The van der Waals surface area contributed by atoms with E-state index in [1.54, 1.807) is 18.2 Å². The Labute approximate surface area is 99.7 Å². The van der Waals surface area contributed by atoms with Crippen molar-refractivity contribution >= 4 is 23.2 Å². The normalized spacial score (nSPS) is 12.0. The van der Waals surface area contributed by atoms with Crippen molar-refractivity contribution in [2.75, 3.05) is 12.4 Å². The lowest BCUT2D eigenvalue weighted by atomic mass is 10.2. The summed E-state index contributed by atoms with van der Waals surface area (Å²) in [7, 11) is 1.53. The van der Waals surface area contributed by atoms with E-state index < -0.39 is 6.04 Å². The first-order valence-electron chi connectivity index (χ1n) is 4.98. The Morgan fingerprint density at radius 3 is 2.81 bits per heavy atom. The van der Waals surface area contributed by atoms with Gasteiger partial charge < -0.3 is 15.8 Å². The highest BCUT2D eigenvalue weighted by Gasteiger charge is 2.11. The maximum atomic E-state index is 11.5. The fourth-order valence-corrected chi connectivity index (χ4v) is 1.42. The monoisotopic (exact) mass is 242 g/mol. The quantitative estimate of drug-likeness (QED) is 0.849. The molecule has 0 fully saturated rings. The molecule has 1 atom stereocenters. The number of nitrogens with one attached hydrogen (secondary N) is 1. The number of hydrogen-bond acceptors (Lipinski definition) is 3. The summed E-state index contributed by atoms with van der Waals surface area (Å²) in [5.74, 6) is 0.350. The van der Waals surface area contributed by atoms with Gasteiger partial charge in [0, 0.05) is 5.69 Å². The van der Waals surface area contributed by atoms with Crippen LogP contribution in [0, 0.1) is 0 Å². The van der Waals surface area contributed by atoms with Crippen LogP contribution in [-0.2, 0) is 4.79 Å². The number of hydrogen-bond donors (Lipinski definition) is 2. The van der Waals surface area contributed by atoms with Crippen LogP contribution in [0.4, 0.5) is 5.69 Å². The Kier molecular flexibility index (Phi) is 4.58. The molecule has 5 heteroatoms. The van der Waals surface area contributed by atoms with E-state index in [0.29, 0.717) is 22.9 Å². The molecule has 0 saturated heterocycles. The molecule has 1 amide bonds. The second-order valence-electron chi connectivity index (χ2n) is 3.35. The minimum Gasteiger partial charge on any atom is -0.495 e. The van der Waals surface area contributed by atoms with Crippen molar-refractivity contribution in [3.63, 3.8) is 0 Å². The van der Waals surface area contributed by atoms with Crippen molar-refractivity contribution in [3.05, 3.63) is 23.2 Å². The first-order chi connectivity index (χ1) is 7.58. The van der Waals surface area contributed by atoms with E-state index >= 15 is 0 Å². The highest BCUT2D eigenvalue weighted by atomic mass is 35.5. The average Bonchev–Trinajstić information content (AvgIpc) is 2.28. The molecule has 16 heavy (non-hydrogen) atoms. The zero-order valence-corrected chi connectivity index (χ0v) is 10.0. The number of methoxy groups -OCH3 is 1. The molecule has 0 aliphatic rings. The van der Waals surface area contributed by atoms with E-state index in [-0.39, 0.29) is 5.91 Å². The van der Waals surface area contributed by atoms with Gasteiger partial charge in [0.2, 0.25) is 5.91 Å². The van der Waals surface area contributed by atoms with Crippen LogP contribution < -0.4 is 15.8 Å². The molecule has 0 aliphatic heterocycles.